The number of anilines is 1. The van der Waals surface area contributed by atoms with Crippen LogP contribution in [0.25, 0.3) is 0 Å². The van der Waals surface area contributed by atoms with Gasteiger partial charge in [-0.1, -0.05) is 0 Å². The van der Waals surface area contributed by atoms with E-state index in [0.29, 0.717) is 0 Å². The molecule has 1 aromatic rings. The average molecular weight is 289 g/mol. The van der Waals surface area contributed by atoms with Crippen LogP contribution in [0, 0.1) is 0 Å². The molecule has 3 nitrogen and oxygen atoms in total. The van der Waals surface area contributed by atoms with E-state index in [1.807, 2.05) is 0 Å². The van der Waals surface area contributed by atoms with E-state index in [0.717, 1.165) is 24.3 Å². The summed E-state index contributed by atoms with van der Waals surface area (Å²) in [5, 5.41) is 10.9. The van der Waals surface area contributed by atoms with E-state index in [1.165, 1.54) is 0 Å². The minimum absolute atomic E-state index is 0.123. The fourth-order valence-electron chi connectivity index (χ4n) is 1.10. The van der Waals surface area contributed by atoms with E-state index < -0.39 is 30.9 Å². The number of benzene rings is 1. The minimum Gasteiger partial charge on any atom is -0.406 e. The lowest BCUT2D eigenvalue weighted by atomic mass is 10.3. The van der Waals surface area contributed by atoms with Gasteiger partial charge < -0.3 is 15.2 Å². The highest BCUT2D eigenvalue weighted by Crippen LogP contribution is 2.24. The third-order valence-corrected chi connectivity index (χ3v) is 1.97. The fourth-order valence-corrected chi connectivity index (χ4v) is 1.10. The van der Waals surface area contributed by atoms with Crippen LogP contribution in [0.4, 0.5) is 32.0 Å². The Hall–Kier alpha value is -1.64. The zero-order valence-corrected chi connectivity index (χ0v) is 9.22. The predicted molar refractivity (Wildman–Crippen MR) is 53.7 cm³/mol. The van der Waals surface area contributed by atoms with Crippen LogP contribution in [0.1, 0.15) is 0 Å². The summed E-state index contributed by atoms with van der Waals surface area (Å²) in [5.74, 6) is -0.491. The lowest BCUT2D eigenvalue weighted by Gasteiger charge is -2.16. The van der Waals surface area contributed by atoms with Crippen molar-refractivity contribution in [2.45, 2.75) is 18.6 Å². The van der Waals surface area contributed by atoms with Crippen molar-refractivity contribution in [3.8, 4) is 5.75 Å². The van der Waals surface area contributed by atoms with E-state index in [2.05, 4.69) is 10.1 Å². The van der Waals surface area contributed by atoms with Gasteiger partial charge in [-0.25, -0.2) is 0 Å². The number of ether oxygens (including phenoxy) is 1. The Kier molecular flexibility index (Phi) is 4.51. The molecule has 1 aromatic carbocycles. The van der Waals surface area contributed by atoms with Gasteiger partial charge in [-0.15, -0.1) is 13.2 Å². The second-order valence-electron chi connectivity index (χ2n) is 3.51. The average Bonchev–Trinajstić information content (AvgIpc) is 2.24. The third-order valence-electron chi connectivity index (χ3n) is 1.97. The van der Waals surface area contributed by atoms with Crippen LogP contribution in [0.5, 0.6) is 5.75 Å². The van der Waals surface area contributed by atoms with Crippen molar-refractivity contribution in [3.05, 3.63) is 24.3 Å². The molecular weight excluding hydrogens is 280 g/mol. The van der Waals surface area contributed by atoms with Gasteiger partial charge >= 0.3 is 12.5 Å². The summed E-state index contributed by atoms with van der Waals surface area (Å²) in [7, 11) is 0. The quantitative estimate of drug-likeness (QED) is 0.837. The van der Waals surface area contributed by atoms with Crippen LogP contribution >= 0.6 is 0 Å². The summed E-state index contributed by atoms with van der Waals surface area (Å²) in [6, 6.07) is 4.08. The van der Waals surface area contributed by atoms with Gasteiger partial charge in [0.15, 0.2) is 6.10 Å². The van der Waals surface area contributed by atoms with E-state index in [4.69, 9.17) is 5.11 Å². The molecule has 19 heavy (non-hydrogen) atoms. The molecule has 0 radical (unpaired) electrons. The van der Waals surface area contributed by atoms with E-state index in [1.54, 1.807) is 0 Å². The summed E-state index contributed by atoms with van der Waals surface area (Å²) < 4.78 is 75.0. The first kappa shape index (κ1) is 15.4. The summed E-state index contributed by atoms with van der Waals surface area (Å²) in [6.07, 6.45) is -12.1. The minimum atomic E-state index is -4.83. The molecule has 0 aromatic heterocycles. The number of alkyl halides is 6. The van der Waals surface area contributed by atoms with Crippen LogP contribution in [-0.4, -0.2) is 30.3 Å². The lowest BCUT2D eigenvalue weighted by Crippen LogP contribution is -2.34. The smallest absolute Gasteiger partial charge is 0.406 e. The Bertz CT molecular complexity index is 400. The number of rotatable bonds is 4. The largest absolute Gasteiger partial charge is 0.573 e. The second kappa shape index (κ2) is 5.55. The van der Waals surface area contributed by atoms with Gasteiger partial charge in [0.25, 0.3) is 0 Å². The van der Waals surface area contributed by atoms with Crippen molar-refractivity contribution in [2.24, 2.45) is 0 Å². The van der Waals surface area contributed by atoms with Gasteiger partial charge in [0.05, 0.1) is 0 Å². The van der Waals surface area contributed by atoms with Crippen LogP contribution in [0.2, 0.25) is 0 Å². The van der Waals surface area contributed by atoms with Gasteiger partial charge in [0.2, 0.25) is 0 Å². The Labute approximate surface area is 103 Å². The number of aliphatic hydroxyl groups is 1. The molecular formula is C10H9F6NO2. The molecule has 0 aliphatic carbocycles. The zero-order valence-electron chi connectivity index (χ0n) is 9.22. The summed E-state index contributed by atoms with van der Waals surface area (Å²) in [4.78, 5) is 0. The Morgan fingerprint density at radius 2 is 1.58 bits per heavy atom. The van der Waals surface area contributed by atoms with Crippen molar-refractivity contribution in [1.29, 1.82) is 0 Å². The lowest BCUT2D eigenvalue weighted by molar-refractivity contribution is -0.274. The van der Waals surface area contributed by atoms with Crippen LogP contribution < -0.4 is 10.1 Å². The van der Waals surface area contributed by atoms with Crippen molar-refractivity contribution < 1.29 is 36.2 Å². The number of halogens is 6. The van der Waals surface area contributed by atoms with E-state index in [9.17, 15) is 26.3 Å². The summed E-state index contributed by atoms with van der Waals surface area (Å²) in [5.41, 5.74) is 0.123. The first-order chi connectivity index (χ1) is 8.58. The van der Waals surface area contributed by atoms with Crippen LogP contribution in [0.3, 0.4) is 0 Å². The molecule has 0 aliphatic rings. The van der Waals surface area contributed by atoms with Gasteiger partial charge in [0, 0.05) is 12.2 Å². The molecule has 108 valence electrons. The highest BCUT2D eigenvalue weighted by Gasteiger charge is 2.37. The molecule has 0 bridgehead atoms. The topological polar surface area (TPSA) is 41.5 Å². The molecule has 0 spiro atoms. The zero-order chi connectivity index (χ0) is 14.7. The maximum absolute atomic E-state index is 12.0. The molecule has 0 heterocycles. The Morgan fingerprint density at radius 3 is 2.00 bits per heavy atom. The molecule has 1 atom stereocenters. The Balaban J connectivity index is 2.54. The highest BCUT2D eigenvalue weighted by atomic mass is 19.4. The molecule has 0 aliphatic heterocycles. The standard InChI is InChI=1S/C10H9F6NO2/c11-9(12,13)8(18)5-17-6-1-3-7(4-2-6)19-10(14,15)16/h1-4,8,17-18H,5H2. The van der Waals surface area contributed by atoms with Crippen molar-refractivity contribution in [1.82, 2.24) is 0 Å². The first-order valence-corrected chi connectivity index (χ1v) is 4.92. The molecule has 2 N–H and O–H groups in total. The maximum atomic E-state index is 12.0. The monoisotopic (exact) mass is 289 g/mol. The molecule has 0 fully saturated rings. The second-order valence-corrected chi connectivity index (χ2v) is 3.51. The molecule has 0 saturated heterocycles. The van der Waals surface area contributed by atoms with Gasteiger partial charge in [0.1, 0.15) is 5.75 Å². The number of aliphatic hydroxyl groups excluding tert-OH is 1. The molecule has 9 heteroatoms. The van der Waals surface area contributed by atoms with Gasteiger partial charge in [-0.2, -0.15) is 13.2 Å². The molecule has 0 saturated carbocycles. The number of hydrogen-bond donors (Lipinski definition) is 2. The normalized spacial score (nSPS) is 14.1. The third kappa shape index (κ3) is 5.69. The fraction of sp³-hybridized carbons (Fsp3) is 0.400. The van der Waals surface area contributed by atoms with Gasteiger partial charge in [-0.05, 0) is 24.3 Å². The first-order valence-electron chi connectivity index (χ1n) is 4.92. The highest BCUT2D eigenvalue weighted by molar-refractivity contribution is 5.46. The van der Waals surface area contributed by atoms with Crippen LogP contribution in [-0.2, 0) is 0 Å². The van der Waals surface area contributed by atoms with E-state index >= 15 is 0 Å². The molecule has 1 rings (SSSR count). The summed E-state index contributed by atoms with van der Waals surface area (Å²) >= 11 is 0. The molecule has 0 amide bonds. The number of nitrogens with one attached hydrogen (secondary N) is 1. The van der Waals surface area contributed by atoms with Crippen molar-refractivity contribution in [3.63, 3.8) is 0 Å². The molecule has 1 unspecified atom stereocenters. The van der Waals surface area contributed by atoms with Gasteiger partial charge in [-0.3, -0.25) is 0 Å². The maximum Gasteiger partial charge on any atom is 0.573 e. The van der Waals surface area contributed by atoms with Crippen molar-refractivity contribution in [2.75, 3.05) is 11.9 Å². The van der Waals surface area contributed by atoms with Crippen molar-refractivity contribution >= 4 is 5.69 Å². The Morgan fingerprint density at radius 1 is 1.05 bits per heavy atom. The summed E-state index contributed by atoms with van der Waals surface area (Å²) in [6.45, 7) is -0.803. The van der Waals surface area contributed by atoms with Crippen LogP contribution in [0.15, 0.2) is 24.3 Å². The SMILES string of the molecule is OC(CNc1ccc(OC(F)(F)F)cc1)C(F)(F)F. The number of hydrogen-bond acceptors (Lipinski definition) is 3. The van der Waals surface area contributed by atoms with E-state index in [-0.39, 0.29) is 5.69 Å². The predicted octanol–water partition coefficient (Wildman–Crippen LogP) is 2.92.